The van der Waals surface area contributed by atoms with Crippen LogP contribution in [-0.2, 0) is 17.6 Å². The topological polar surface area (TPSA) is 72.2 Å². The average Bonchev–Trinajstić information content (AvgIpc) is 2.91. The van der Waals surface area contributed by atoms with E-state index in [9.17, 15) is 9.59 Å². The molecule has 4 nitrogen and oxygen atoms in total. The van der Waals surface area contributed by atoms with Gasteiger partial charge in [-0.15, -0.1) is 12.4 Å². The first kappa shape index (κ1) is 17.7. The molecule has 0 bridgehead atoms. The van der Waals surface area contributed by atoms with E-state index in [0.717, 1.165) is 18.4 Å². The zero-order valence-corrected chi connectivity index (χ0v) is 13.2. The minimum Gasteiger partial charge on any atom is -0.352 e. The molecular formula is C16H23ClN2O2. The van der Waals surface area contributed by atoms with Crippen LogP contribution < -0.4 is 11.1 Å². The Labute approximate surface area is 131 Å². The molecule has 0 saturated carbocycles. The number of benzene rings is 1. The third-order valence-corrected chi connectivity index (χ3v) is 3.76. The van der Waals surface area contributed by atoms with Gasteiger partial charge >= 0.3 is 0 Å². The Bertz CT molecular complexity index is 517. The first-order chi connectivity index (χ1) is 9.60. The second-order valence-electron chi connectivity index (χ2n) is 5.46. The predicted molar refractivity (Wildman–Crippen MR) is 85.9 cm³/mol. The molecule has 1 amide bonds. The maximum absolute atomic E-state index is 12.1. The van der Waals surface area contributed by atoms with Gasteiger partial charge in [0.05, 0.1) is 0 Å². The van der Waals surface area contributed by atoms with Crippen molar-refractivity contribution < 1.29 is 9.59 Å². The number of hydrogen-bond acceptors (Lipinski definition) is 3. The van der Waals surface area contributed by atoms with Crippen molar-refractivity contribution in [2.45, 2.75) is 45.1 Å². The van der Waals surface area contributed by atoms with Crippen LogP contribution in [0.15, 0.2) is 18.2 Å². The molecule has 1 aromatic carbocycles. The van der Waals surface area contributed by atoms with Gasteiger partial charge in [-0.05, 0) is 43.4 Å². The molecular weight excluding hydrogens is 288 g/mol. The van der Waals surface area contributed by atoms with Crippen molar-refractivity contribution >= 4 is 24.1 Å². The third kappa shape index (κ3) is 4.83. The van der Waals surface area contributed by atoms with Gasteiger partial charge in [0.15, 0.2) is 5.78 Å². The Morgan fingerprint density at radius 1 is 1.24 bits per heavy atom. The minimum atomic E-state index is -0.113. The van der Waals surface area contributed by atoms with Crippen LogP contribution in [0.5, 0.6) is 0 Å². The molecule has 3 N–H and O–H groups in total. The number of nitrogens with two attached hydrogens (primary N) is 1. The lowest BCUT2D eigenvalue weighted by molar-refractivity contribution is -0.121. The smallest absolute Gasteiger partial charge is 0.220 e. The van der Waals surface area contributed by atoms with Crippen molar-refractivity contribution in [1.82, 2.24) is 5.32 Å². The summed E-state index contributed by atoms with van der Waals surface area (Å²) < 4.78 is 0. The number of amides is 1. The van der Waals surface area contributed by atoms with Gasteiger partial charge in [0.2, 0.25) is 5.91 Å². The van der Waals surface area contributed by atoms with E-state index in [1.54, 1.807) is 0 Å². The number of fused-ring (bicyclic) bond motifs is 1. The molecule has 116 valence electrons. The standard InChI is InChI=1S/C16H22N2O2.ClH/c1-11(10-17)18-16(20)8-7-15(19)14-6-5-12-3-2-4-13(12)9-14;/h5-6,9,11H,2-4,7-8,10,17H2,1H3,(H,18,20);1H/t11-;/m0./s1. The minimum absolute atomic E-state index is 0. The van der Waals surface area contributed by atoms with Crippen molar-refractivity contribution in [3.63, 3.8) is 0 Å². The van der Waals surface area contributed by atoms with E-state index >= 15 is 0 Å². The van der Waals surface area contributed by atoms with Gasteiger partial charge in [0.25, 0.3) is 0 Å². The van der Waals surface area contributed by atoms with Crippen molar-refractivity contribution in [2.75, 3.05) is 6.54 Å². The van der Waals surface area contributed by atoms with Crippen LogP contribution in [0.25, 0.3) is 0 Å². The predicted octanol–water partition coefficient (Wildman–Crippen LogP) is 2.02. The lowest BCUT2D eigenvalue weighted by atomic mass is 10.0. The number of carbonyl (C=O) groups is 2. The highest BCUT2D eigenvalue weighted by Gasteiger charge is 2.15. The molecule has 21 heavy (non-hydrogen) atoms. The Kier molecular flexibility index (Phi) is 6.85. The van der Waals surface area contributed by atoms with Crippen LogP contribution in [0.3, 0.4) is 0 Å². The molecule has 1 aliphatic rings. The van der Waals surface area contributed by atoms with Gasteiger partial charge in [0.1, 0.15) is 0 Å². The summed E-state index contributed by atoms with van der Waals surface area (Å²) in [5.74, 6) is -0.0762. The number of nitrogens with one attached hydrogen (secondary N) is 1. The second kappa shape index (κ2) is 8.15. The van der Waals surface area contributed by atoms with Gasteiger partial charge in [-0.2, -0.15) is 0 Å². The highest BCUT2D eigenvalue weighted by molar-refractivity contribution is 5.98. The summed E-state index contributed by atoms with van der Waals surface area (Å²) >= 11 is 0. The fourth-order valence-corrected chi connectivity index (χ4v) is 2.52. The van der Waals surface area contributed by atoms with E-state index in [1.165, 1.54) is 17.5 Å². The maximum Gasteiger partial charge on any atom is 0.220 e. The number of carbonyl (C=O) groups excluding carboxylic acids is 2. The second-order valence-corrected chi connectivity index (χ2v) is 5.46. The first-order valence-electron chi connectivity index (χ1n) is 7.24. The van der Waals surface area contributed by atoms with E-state index in [1.807, 2.05) is 25.1 Å². The SMILES string of the molecule is C[C@@H](CN)NC(=O)CCC(=O)c1ccc2c(c1)CCC2.Cl. The Morgan fingerprint density at radius 2 is 1.95 bits per heavy atom. The van der Waals surface area contributed by atoms with E-state index in [2.05, 4.69) is 5.32 Å². The monoisotopic (exact) mass is 310 g/mol. The van der Waals surface area contributed by atoms with Gasteiger partial charge in [-0.3, -0.25) is 9.59 Å². The van der Waals surface area contributed by atoms with Crippen molar-refractivity contribution in [1.29, 1.82) is 0 Å². The van der Waals surface area contributed by atoms with E-state index < -0.39 is 0 Å². The van der Waals surface area contributed by atoms with Crippen molar-refractivity contribution in [3.8, 4) is 0 Å². The molecule has 0 aromatic heterocycles. The number of halogens is 1. The molecule has 0 spiro atoms. The molecule has 0 saturated heterocycles. The molecule has 1 atom stereocenters. The molecule has 0 radical (unpaired) electrons. The average molecular weight is 311 g/mol. The fraction of sp³-hybridized carbons (Fsp3) is 0.500. The summed E-state index contributed by atoms with van der Waals surface area (Å²) in [4.78, 5) is 23.7. The summed E-state index contributed by atoms with van der Waals surface area (Å²) in [6, 6.07) is 5.88. The zero-order chi connectivity index (χ0) is 14.5. The molecule has 0 unspecified atom stereocenters. The number of Topliss-reactive ketones (excluding diaryl/α,β-unsaturated/α-hetero) is 1. The highest BCUT2D eigenvalue weighted by atomic mass is 35.5. The Hall–Kier alpha value is -1.39. The largest absolute Gasteiger partial charge is 0.352 e. The maximum atomic E-state index is 12.1. The fourth-order valence-electron chi connectivity index (χ4n) is 2.52. The number of rotatable bonds is 6. The molecule has 1 aliphatic carbocycles. The quantitative estimate of drug-likeness (QED) is 0.790. The molecule has 2 rings (SSSR count). The first-order valence-corrected chi connectivity index (χ1v) is 7.24. The van der Waals surface area contributed by atoms with Gasteiger partial charge < -0.3 is 11.1 Å². The van der Waals surface area contributed by atoms with Crippen LogP contribution in [0, 0.1) is 0 Å². The summed E-state index contributed by atoms with van der Waals surface area (Å²) in [6.45, 7) is 2.25. The Balaban J connectivity index is 0.00000220. The van der Waals surface area contributed by atoms with Crippen molar-refractivity contribution in [2.24, 2.45) is 5.73 Å². The normalized spacial score (nSPS) is 14.0. The van der Waals surface area contributed by atoms with Crippen LogP contribution >= 0.6 is 12.4 Å². The molecule has 0 fully saturated rings. The molecule has 5 heteroatoms. The number of ketones is 1. The van der Waals surface area contributed by atoms with Gasteiger partial charge in [0, 0.05) is 31.0 Å². The molecule has 1 aromatic rings. The van der Waals surface area contributed by atoms with Crippen LogP contribution in [0.2, 0.25) is 0 Å². The third-order valence-electron chi connectivity index (χ3n) is 3.76. The lowest BCUT2D eigenvalue weighted by Crippen LogP contribution is -2.37. The van der Waals surface area contributed by atoms with E-state index in [4.69, 9.17) is 5.73 Å². The number of hydrogen-bond donors (Lipinski definition) is 2. The molecule has 0 heterocycles. The summed E-state index contributed by atoms with van der Waals surface area (Å²) in [7, 11) is 0. The summed E-state index contributed by atoms with van der Waals surface area (Å²) in [5, 5.41) is 2.76. The van der Waals surface area contributed by atoms with Crippen LogP contribution in [0.1, 0.15) is 47.7 Å². The van der Waals surface area contributed by atoms with E-state index in [-0.39, 0.29) is 43.0 Å². The Morgan fingerprint density at radius 3 is 2.67 bits per heavy atom. The van der Waals surface area contributed by atoms with Gasteiger partial charge in [-0.25, -0.2) is 0 Å². The van der Waals surface area contributed by atoms with E-state index in [0.29, 0.717) is 6.54 Å². The van der Waals surface area contributed by atoms with Gasteiger partial charge in [-0.1, -0.05) is 12.1 Å². The van der Waals surface area contributed by atoms with Crippen LogP contribution in [-0.4, -0.2) is 24.3 Å². The lowest BCUT2D eigenvalue weighted by Gasteiger charge is -2.11. The highest BCUT2D eigenvalue weighted by Crippen LogP contribution is 2.23. The zero-order valence-electron chi connectivity index (χ0n) is 12.4. The molecule has 0 aliphatic heterocycles. The van der Waals surface area contributed by atoms with Crippen molar-refractivity contribution in [3.05, 3.63) is 34.9 Å². The summed E-state index contributed by atoms with van der Waals surface area (Å²) in [5.41, 5.74) is 8.81. The van der Waals surface area contributed by atoms with Crippen LogP contribution in [0.4, 0.5) is 0 Å². The number of aryl methyl sites for hydroxylation is 2. The summed E-state index contributed by atoms with van der Waals surface area (Å²) in [6.07, 6.45) is 3.82.